The minimum atomic E-state index is 0.200. The molecule has 0 fully saturated rings. The second-order valence-electron chi connectivity index (χ2n) is 4.41. The van der Waals surface area contributed by atoms with E-state index in [1.165, 1.54) is 0 Å². The van der Waals surface area contributed by atoms with E-state index in [9.17, 15) is 0 Å². The van der Waals surface area contributed by atoms with Gasteiger partial charge in [-0.15, -0.1) is 10.2 Å². The van der Waals surface area contributed by atoms with Crippen molar-refractivity contribution < 1.29 is 4.42 Å². The van der Waals surface area contributed by atoms with Gasteiger partial charge in [0.2, 0.25) is 11.8 Å². The highest BCUT2D eigenvalue weighted by molar-refractivity contribution is 4.94. The smallest absolute Gasteiger partial charge is 0.233 e. The summed E-state index contributed by atoms with van der Waals surface area (Å²) in [5.74, 6) is 1.93. The second kappa shape index (κ2) is 7.43. The molecule has 4 nitrogen and oxygen atoms in total. The van der Waals surface area contributed by atoms with E-state index >= 15 is 0 Å². The Bertz CT molecular complexity index is 307. The van der Waals surface area contributed by atoms with E-state index in [0.717, 1.165) is 44.0 Å². The first-order valence-electron chi connectivity index (χ1n) is 6.83. The van der Waals surface area contributed by atoms with Gasteiger partial charge in [-0.3, -0.25) is 0 Å². The Labute approximate surface area is 104 Å². The van der Waals surface area contributed by atoms with E-state index < -0.39 is 0 Å². The zero-order valence-electron chi connectivity index (χ0n) is 11.5. The highest BCUT2D eigenvalue weighted by Crippen LogP contribution is 2.24. The van der Waals surface area contributed by atoms with Gasteiger partial charge in [0.05, 0.1) is 6.04 Å². The molecule has 1 rings (SSSR count). The zero-order chi connectivity index (χ0) is 12.7. The van der Waals surface area contributed by atoms with Crippen LogP contribution < -0.4 is 5.32 Å². The van der Waals surface area contributed by atoms with Crippen molar-refractivity contribution in [1.82, 2.24) is 15.5 Å². The van der Waals surface area contributed by atoms with Crippen LogP contribution in [0.15, 0.2) is 4.42 Å². The third kappa shape index (κ3) is 3.80. The molecule has 1 atom stereocenters. The number of nitrogens with one attached hydrogen (secondary N) is 1. The van der Waals surface area contributed by atoms with Gasteiger partial charge in [-0.25, -0.2) is 0 Å². The summed E-state index contributed by atoms with van der Waals surface area (Å²) in [6, 6.07) is 0.200. The lowest BCUT2D eigenvalue weighted by molar-refractivity contribution is 0.353. The van der Waals surface area contributed by atoms with E-state index in [4.69, 9.17) is 4.42 Å². The molecule has 17 heavy (non-hydrogen) atoms. The van der Waals surface area contributed by atoms with Crippen LogP contribution in [0.3, 0.4) is 0 Å². The molecule has 0 saturated heterocycles. The van der Waals surface area contributed by atoms with Gasteiger partial charge < -0.3 is 9.73 Å². The van der Waals surface area contributed by atoms with Crippen molar-refractivity contribution in [1.29, 1.82) is 0 Å². The summed E-state index contributed by atoms with van der Waals surface area (Å²) >= 11 is 0. The van der Waals surface area contributed by atoms with Crippen molar-refractivity contribution >= 4 is 0 Å². The molecule has 4 heteroatoms. The highest BCUT2D eigenvalue weighted by Gasteiger charge is 2.19. The maximum Gasteiger partial charge on any atom is 0.233 e. The van der Waals surface area contributed by atoms with Gasteiger partial charge in [0, 0.05) is 5.92 Å². The monoisotopic (exact) mass is 239 g/mol. The lowest BCUT2D eigenvalue weighted by Crippen LogP contribution is -2.21. The molecule has 1 N–H and O–H groups in total. The van der Waals surface area contributed by atoms with Crippen LogP contribution in [0.5, 0.6) is 0 Å². The molecule has 0 aliphatic rings. The molecule has 1 aromatic heterocycles. The summed E-state index contributed by atoms with van der Waals surface area (Å²) in [7, 11) is 0. The third-order valence-corrected chi connectivity index (χ3v) is 3.14. The Morgan fingerprint density at radius 1 is 1.00 bits per heavy atom. The zero-order valence-corrected chi connectivity index (χ0v) is 11.5. The topological polar surface area (TPSA) is 51.0 Å². The van der Waals surface area contributed by atoms with E-state index in [0.29, 0.717) is 5.92 Å². The third-order valence-electron chi connectivity index (χ3n) is 3.14. The molecule has 0 spiro atoms. The normalized spacial score (nSPS) is 13.2. The highest BCUT2D eigenvalue weighted by atomic mass is 16.4. The second-order valence-corrected chi connectivity index (χ2v) is 4.41. The molecule has 0 amide bonds. The van der Waals surface area contributed by atoms with Crippen LogP contribution in [0.2, 0.25) is 0 Å². The quantitative estimate of drug-likeness (QED) is 0.755. The van der Waals surface area contributed by atoms with Crippen molar-refractivity contribution in [3.8, 4) is 0 Å². The number of rotatable bonds is 8. The van der Waals surface area contributed by atoms with Gasteiger partial charge in [-0.1, -0.05) is 27.7 Å². The maximum absolute atomic E-state index is 5.79. The average molecular weight is 239 g/mol. The van der Waals surface area contributed by atoms with Crippen LogP contribution >= 0.6 is 0 Å². The Morgan fingerprint density at radius 2 is 1.65 bits per heavy atom. The van der Waals surface area contributed by atoms with Gasteiger partial charge >= 0.3 is 0 Å². The first-order chi connectivity index (χ1) is 8.26. The first-order valence-corrected chi connectivity index (χ1v) is 6.83. The van der Waals surface area contributed by atoms with E-state index in [2.05, 4.69) is 43.2 Å². The number of aromatic nitrogens is 2. The van der Waals surface area contributed by atoms with Crippen molar-refractivity contribution in [3.63, 3.8) is 0 Å². The first kappa shape index (κ1) is 14.2. The van der Waals surface area contributed by atoms with Crippen LogP contribution in [0.4, 0.5) is 0 Å². The Hall–Kier alpha value is -0.900. The molecule has 0 aliphatic carbocycles. The summed E-state index contributed by atoms with van der Waals surface area (Å²) in [6.07, 6.45) is 4.20. The van der Waals surface area contributed by atoms with Crippen molar-refractivity contribution in [2.75, 3.05) is 6.54 Å². The average Bonchev–Trinajstić information content (AvgIpc) is 2.81. The summed E-state index contributed by atoms with van der Waals surface area (Å²) in [6.45, 7) is 9.59. The maximum atomic E-state index is 5.79. The Balaban J connectivity index is 2.70. The summed E-state index contributed by atoms with van der Waals surface area (Å²) in [4.78, 5) is 0. The fraction of sp³-hybridized carbons (Fsp3) is 0.846. The fourth-order valence-electron chi connectivity index (χ4n) is 1.92. The van der Waals surface area contributed by atoms with Gasteiger partial charge in [-0.05, 0) is 32.2 Å². The van der Waals surface area contributed by atoms with Crippen LogP contribution in [0.1, 0.15) is 77.1 Å². The fourth-order valence-corrected chi connectivity index (χ4v) is 1.92. The molecule has 1 heterocycles. The molecule has 0 aliphatic heterocycles. The van der Waals surface area contributed by atoms with Gasteiger partial charge in [0.1, 0.15) is 0 Å². The number of hydrogen-bond acceptors (Lipinski definition) is 4. The van der Waals surface area contributed by atoms with Gasteiger partial charge in [0.25, 0.3) is 0 Å². The largest absolute Gasteiger partial charge is 0.423 e. The van der Waals surface area contributed by atoms with Gasteiger partial charge in [-0.2, -0.15) is 0 Å². The van der Waals surface area contributed by atoms with E-state index in [1.54, 1.807) is 0 Å². The molecule has 0 bridgehead atoms. The summed E-state index contributed by atoms with van der Waals surface area (Å²) in [5, 5.41) is 11.8. The molecule has 1 aromatic rings. The molecular weight excluding hydrogens is 214 g/mol. The standard InChI is InChI=1S/C13H25N3O/c1-5-9-14-11(8-4)13-16-15-12(17-13)10(6-2)7-3/h10-11,14H,5-9H2,1-4H3. The van der Waals surface area contributed by atoms with Crippen molar-refractivity contribution in [2.45, 2.75) is 65.3 Å². The molecular formula is C13H25N3O. The Morgan fingerprint density at radius 3 is 2.18 bits per heavy atom. The predicted molar refractivity (Wildman–Crippen MR) is 68.9 cm³/mol. The lowest BCUT2D eigenvalue weighted by Gasteiger charge is -2.12. The van der Waals surface area contributed by atoms with Gasteiger partial charge in [0.15, 0.2) is 0 Å². The summed E-state index contributed by atoms with van der Waals surface area (Å²) in [5.41, 5.74) is 0. The molecule has 1 unspecified atom stereocenters. The van der Waals surface area contributed by atoms with Crippen LogP contribution in [-0.4, -0.2) is 16.7 Å². The van der Waals surface area contributed by atoms with Crippen LogP contribution in [0.25, 0.3) is 0 Å². The van der Waals surface area contributed by atoms with E-state index in [1.807, 2.05) is 0 Å². The van der Waals surface area contributed by atoms with Crippen LogP contribution in [0, 0.1) is 0 Å². The molecule has 0 saturated carbocycles. The molecule has 0 radical (unpaired) electrons. The minimum absolute atomic E-state index is 0.200. The Kier molecular flexibility index (Phi) is 6.19. The van der Waals surface area contributed by atoms with Crippen LogP contribution in [-0.2, 0) is 0 Å². The lowest BCUT2D eigenvalue weighted by atomic mass is 10.0. The number of nitrogens with zero attached hydrogens (tertiary/aromatic N) is 2. The number of hydrogen-bond donors (Lipinski definition) is 1. The SMILES string of the molecule is CCCNC(CC)c1nnc(C(CC)CC)o1. The molecule has 98 valence electrons. The minimum Gasteiger partial charge on any atom is -0.423 e. The summed E-state index contributed by atoms with van der Waals surface area (Å²) < 4.78 is 5.79. The van der Waals surface area contributed by atoms with Crippen molar-refractivity contribution in [3.05, 3.63) is 11.8 Å². The van der Waals surface area contributed by atoms with Crippen molar-refractivity contribution in [2.24, 2.45) is 0 Å². The predicted octanol–water partition coefficient (Wildman–Crippen LogP) is 3.42. The molecule has 0 aromatic carbocycles. The van der Waals surface area contributed by atoms with E-state index in [-0.39, 0.29) is 6.04 Å².